The summed E-state index contributed by atoms with van der Waals surface area (Å²) in [6.07, 6.45) is 0. The minimum atomic E-state index is -0.424. The van der Waals surface area contributed by atoms with Gasteiger partial charge >= 0.3 is 0 Å². The third kappa shape index (κ3) is 2.96. The molecule has 1 atom stereocenters. The predicted molar refractivity (Wildman–Crippen MR) is 65.7 cm³/mol. The highest BCUT2D eigenvalue weighted by molar-refractivity contribution is 6.30. The van der Waals surface area contributed by atoms with Crippen molar-refractivity contribution in [2.24, 2.45) is 0 Å². The zero-order valence-electron chi connectivity index (χ0n) is 9.50. The standard InChI is InChI=1S/C12H16ClFN2O/c13-10-7-9(1-2-11(10)14)12(8-17)16-5-3-15-4-6-16/h1-2,7,12,15,17H,3-6,8H2/t12-/m1/s1. The van der Waals surface area contributed by atoms with Gasteiger partial charge in [-0.05, 0) is 17.7 Å². The minimum Gasteiger partial charge on any atom is -0.394 e. The maximum Gasteiger partial charge on any atom is 0.141 e. The van der Waals surface area contributed by atoms with Gasteiger partial charge in [0.25, 0.3) is 0 Å². The summed E-state index contributed by atoms with van der Waals surface area (Å²) in [5, 5.41) is 12.9. The van der Waals surface area contributed by atoms with E-state index in [1.807, 2.05) is 0 Å². The molecule has 1 fully saturated rings. The fraction of sp³-hybridized carbons (Fsp3) is 0.500. The number of hydrogen-bond acceptors (Lipinski definition) is 3. The van der Waals surface area contributed by atoms with E-state index in [4.69, 9.17) is 11.6 Å². The molecule has 0 radical (unpaired) electrons. The van der Waals surface area contributed by atoms with Crippen molar-refractivity contribution in [2.75, 3.05) is 32.8 Å². The van der Waals surface area contributed by atoms with Crippen LogP contribution in [-0.4, -0.2) is 42.8 Å². The van der Waals surface area contributed by atoms with Crippen LogP contribution in [0.3, 0.4) is 0 Å². The van der Waals surface area contributed by atoms with Crippen LogP contribution in [0.4, 0.5) is 4.39 Å². The van der Waals surface area contributed by atoms with Gasteiger partial charge in [0.2, 0.25) is 0 Å². The lowest BCUT2D eigenvalue weighted by atomic mass is 10.1. The van der Waals surface area contributed by atoms with Crippen LogP contribution in [-0.2, 0) is 0 Å². The Hall–Kier alpha value is -0.680. The highest BCUT2D eigenvalue weighted by Crippen LogP contribution is 2.25. The van der Waals surface area contributed by atoms with Gasteiger partial charge in [-0.15, -0.1) is 0 Å². The third-order valence-corrected chi connectivity index (χ3v) is 3.38. The van der Waals surface area contributed by atoms with E-state index in [0.29, 0.717) is 0 Å². The summed E-state index contributed by atoms with van der Waals surface area (Å²) in [6, 6.07) is 4.53. The Morgan fingerprint density at radius 2 is 2.12 bits per heavy atom. The molecule has 2 N–H and O–H groups in total. The average molecular weight is 259 g/mol. The highest BCUT2D eigenvalue weighted by atomic mass is 35.5. The Balaban J connectivity index is 2.18. The topological polar surface area (TPSA) is 35.5 Å². The Bertz CT molecular complexity index is 383. The summed E-state index contributed by atoms with van der Waals surface area (Å²) in [6.45, 7) is 3.58. The smallest absolute Gasteiger partial charge is 0.141 e. The van der Waals surface area contributed by atoms with Crippen molar-refractivity contribution >= 4 is 11.6 Å². The van der Waals surface area contributed by atoms with Gasteiger partial charge in [0.15, 0.2) is 0 Å². The molecule has 5 heteroatoms. The zero-order valence-corrected chi connectivity index (χ0v) is 10.3. The van der Waals surface area contributed by atoms with Gasteiger partial charge in [-0.3, -0.25) is 4.90 Å². The van der Waals surface area contributed by atoms with Gasteiger partial charge in [0, 0.05) is 26.2 Å². The number of nitrogens with zero attached hydrogens (tertiary/aromatic N) is 1. The monoisotopic (exact) mass is 258 g/mol. The number of nitrogens with one attached hydrogen (secondary N) is 1. The number of benzene rings is 1. The molecule has 0 bridgehead atoms. The van der Waals surface area contributed by atoms with Crippen molar-refractivity contribution in [1.82, 2.24) is 10.2 Å². The molecule has 0 saturated carbocycles. The highest BCUT2D eigenvalue weighted by Gasteiger charge is 2.21. The van der Waals surface area contributed by atoms with E-state index in [2.05, 4.69) is 10.2 Å². The van der Waals surface area contributed by atoms with Gasteiger partial charge in [-0.2, -0.15) is 0 Å². The molecule has 1 aromatic carbocycles. The van der Waals surface area contributed by atoms with Crippen LogP contribution in [0.1, 0.15) is 11.6 Å². The molecule has 0 aliphatic carbocycles. The lowest BCUT2D eigenvalue weighted by Gasteiger charge is -2.34. The van der Waals surface area contributed by atoms with Crippen LogP contribution in [0.15, 0.2) is 18.2 Å². The summed E-state index contributed by atoms with van der Waals surface area (Å²) in [5.74, 6) is -0.424. The van der Waals surface area contributed by atoms with E-state index in [1.165, 1.54) is 6.07 Å². The number of aliphatic hydroxyl groups is 1. The molecule has 17 heavy (non-hydrogen) atoms. The van der Waals surface area contributed by atoms with E-state index in [-0.39, 0.29) is 17.7 Å². The quantitative estimate of drug-likeness (QED) is 0.861. The number of halogens is 2. The molecule has 1 saturated heterocycles. The first-order valence-electron chi connectivity index (χ1n) is 5.73. The van der Waals surface area contributed by atoms with Crippen molar-refractivity contribution in [3.63, 3.8) is 0 Å². The Labute approximate surface area is 105 Å². The number of hydrogen-bond donors (Lipinski definition) is 2. The summed E-state index contributed by atoms with van der Waals surface area (Å²) < 4.78 is 13.1. The molecule has 1 heterocycles. The van der Waals surface area contributed by atoms with E-state index in [0.717, 1.165) is 31.7 Å². The van der Waals surface area contributed by atoms with Crippen molar-refractivity contribution in [2.45, 2.75) is 6.04 Å². The SMILES string of the molecule is OC[C@H](c1ccc(F)c(Cl)c1)N1CCNCC1. The molecule has 0 spiro atoms. The maximum atomic E-state index is 13.1. The normalized spacial score (nSPS) is 19.2. The maximum absolute atomic E-state index is 13.1. The van der Waals surface area contributed by atoms with Crippen molar-refractivity contribution in [3.8, 4) is 0 Å². The second-order valence-electron chi connectivity index (χ2n) is 4.16. The van der Waals surface area contributed by atoms with Crippen LogP contribution >= 0.6 is 11.6 Å². The molecule has 1 aliphatic rings. The molecule has 0 unspecified atom stereocenters. The minimum absolute atomic E-state index is 0.0158. The second kappa shape index (κ2) is 5.78. The van der Waals surface area contributed by atoms with E-state index in [9.17, 15) is 9.50 Å². The van der Waals surface area contributed by atoms with Gasteiger partial charge in [-0.1, -0.05) is 17.7 Å². The molecule has 1 aliphatic heterocycles. The predicted octanol–water partition coefficient (Wildman–Crippen LogP) is 1.42. The van der Waals surface area contributed by atoms with Crippen LogP contribution in [0.5, 0.6) is 0 Å². The Kier molecular flexibility index (Phi) is 4.34. The van der Waals surface area contributed by atoms with Gasteiger partial charge < -0.3 is 10.4 Å². The number of rotatable bonds is 3. The summed E-state index contributed by atoms with van der Waals surface area (Å²) in [4.78, 5) is 2.18. The van der Waals surface area contributed by atoms with Gasteiger partial charge in [-0.25, -0.2) is 4.39 Å². The van der Waals surface area contributed by atoms with Crippen LogP contribution in [0.2, 0.25) is 5.02 Å². The molecule has 1 aromatic rings. The third-order valence-electron chi connectivity index (χ3n) is 3.09. The van der Waals surface area contributed by atoms with Crippen LogP contribution < -0.4 is 5.32 Å². The molecule has 0 amide bonds. The number of piperazine rings is 1. The Morgan fingerprint density at radius 1 is 1.41 bits per heavy atom. The first-order valence-corrected chi connectivity index (χ1v) is 6.10. The lowest BCUT2D eigenvalue weighted by molar-refractivity contribution is 0.111. The first kappa shape index (κ1) is 12.8. The molecule has 94 valence electrons. The fourth-order valence-electron chi connectivity index (χ4n) is 2.15. The summed E-state index contributed by atoms with van der Waals surface area (Å²) in [7, 11) is 0. The van der Waals surface area contributed by atoms with E-state index < -0.39 is 5.82 Å². The largest absolute Gasteiger partial charge is 0.394 e. The molecule has 2 rings (SSSR count). The molecule has 3 nitrogen and oxygen atoms in total. The van der Waals surface area contributed by atoms with Crippen LogP contribution in [0.25, 0.3) is 0 Å². The number of aliphatic hydroxyl groups excluding tert-OH is 1. The van der Waals surface area contributed by atoms with E-state index >= 15 is 0 Å². The fourth-order valence-corrected chi connectivity index (χ4v) is 2.33. The molecule has 0 aromatic heterocycles. The lowest BCUT2D eigenvalue weighted by Crippen LogP contribution is -2.46. The second-order valence-corrected chi connectivity index (χ2v) is 4.57. The van der Waals surface area contributed by atoms with E-state index in [1.54, 1.807) is 12.1 Å². The molecular formula is C12H16ClFN2O. The van der Waals surface area contributed by atoms with Crippen molar-refractivity contribution in [1.29, 1.82) is 0 Å². The van der Waals surface area contributed by atoms with Crippen molar-refractivity contribution < 1.29 is 9.50 Å². The average Bonchev–Trinajstić information content (AvgIpc) is 2.36. The van der Waals surface area contributed by atoms with Gasteiger partial charge in [0.05, 0.1) is 17.7 Å². The van der Waals surface area contributed by atoms with Crippen molar-refractivity contribution in [3.05, 3.63) is 34.6 Å². The Morgan fingerprint density at radius 3 is 2.71 bits per heavy atom. The van der Waals surface area contributed by atoms with Crippen LogP contribution in [0, 0.1) is 5.82 Å². The zero-order chi connectivity index (χ0) is 12.3. The van der Waals surface area contributed by atoms with Gasteiger partial charge in [0.1, 0.15) is 5.82 Å². The summed E-state index contributed by atoms with van der Waals surface area (Å²) >= 11 is 5.77. The molecular weight excluding hydrogens is 243 g/mol. The summed E-state index contributed by atoms with van der Waals surface area (Å²) in [5.41, 5.74) is 0.862. The first-order chi connectivity index (χ1) is 8.22.